The molecule has 0 bridgehead atoms. The number of hydrogen-bond acceptors (Lipinski definition) is 5. The van der Waals surface area contributed by atoms with Gasteiger partial charge in [0.05, 0.1) is 5.02 Å². The van der Waals surface area contributed by atoms with Gasteiger partial charge in [0.2, 0.25) is 0 Å². The molecule has 0 saturated carbocycles. The van der Waals surface area contributed by atoms with E-state index >= 15 is 0 Å². The number of piperazine rings is 1. The standard InChI is InChI=1S/C27H25Cl3N4O3S/c1-17(37-24-11-6-20(29)16-23(24)30)25(35)32-27(38)31-21-7-9-22(10-8-21)33-12-14-34(15-13-33)26(36)18-2-4-19(28)5-3-18/h2-11,16-17H,12-15H2,1H3,(H2,31,32,35,38). The van der Waals surface area contributed by atoms with Crippen molar-refractivity contribution in [3.8, 4) is 5.75 Å². The maximum absolute atomic E-state index is 12.7. The summed E-state index contributed by atoms with van der Waals surface area (Å²) in [5.41, 5.74) is 2.40. The van der Waals surface area contributed by atoms with Crippen molar-refractivity contribution in [3.05, 3.63) is 87.4 Å². The molecule has 0 radical (unpaired) electrons. The van der Waals surface area contributed by atoms with E-state index < -0.39 is 12.0 Å². The summed E-state index contributed by atoms with van der Waals surface area (Å²) in [6, 6.07) is 19.4. The summed E-state index contributed by atoms with van der Waals surface area (Å²) in [5, 5.41) is 7.17. The molecule has 0 aliphatic carbocycles. The van der Waals surface area contributed by atoms with Crippen molar-refractivity contribution < 1.29 is 14.3 Å². The smallest absolute Gasteiger partial charge is 0.266 e. The van der Waals surface area contributed by atoms with Crippen molar-refractivity contribution in [2.24, 2.45) is 0 Å². The van der Waals surface area contributed by atoms with Gasteiger partial charge in [0, 0.05) is 53.2 Å². The van der Waals surface area contributed by atoms with Crippen LogP contribution in [0.2, 0.25) is 15.1 Å². The highest BCUT2D eigenvalue weighted by molar-refractivity contribution is 7.80. The van der Waals surface area contributed by atoms with E-state index in [1.54, 1.807) is 49.4 Å². The molecular weight excluding hydrogens is 567 g/mol. The van der Waals surface area contributed by atoms with E-state index in [9.17, 15) is 9.59 Å². The van der Waals surface area contributed by atoms with Gasteiger partial charge in [0.15, 0.2) is 11.2 Å². The van der Waals surface area contributed by atoms with Gasteiger partial charge in [0.1, 0.15) is 5.75 Å². The molecule has 1 unspecified atom stereocenters. The van der Waals surface area contributed by atoms with Crippen molar-refractivity contribution in [2.45, 2.75) is 13.0 Å². The van der Waals surface area contributed by atoms with Crippen LogP contribution in [0.1, 0.15) is 17.3 Å². The highest BCUT2D eigenvalue weighted by Gasteiger charge is 2.22. The first-order valence-electron chi connectivity index (χ1n) is 11.8. The molecule has 1 saturated heterocycles. The second-order valence-corrected chi connectivity index (χ2v) is 10.3. The van der Waals surface area contributed by atoms with Crippen LogP contribution in [0.3, 0.4) is 0 Å². The van der Waals surface area contributed by atoms with E-state index in [0.717, 1.165) is 24.5 Å². The molecule has 198 valence electrons. The highest BCUT2D eigenvalue weighted by atomic mass is 35.5. The zero-order valence-electron chi connectivity index (χ0n) is 20.4. The van der Waals surface area contributed by atoms with Gasteiger partial charge in [-0.3, -0.25) is 14.9 Å². The number of thiocarbonyl (C=S) groups is 1. The lowest BCUT2D eigenvalue weighted by molar-refractivity contribution is -0.125. The zero-order valence-corrected chi connectivity index (χ0v) is 23.5. The van der Waals surface area contributed by atoms with Crippen LogP contribution in [-0.2, 0) is 4.79 Å². The van der Waals surface area contributed by atoms with Gasteiger partial charge < -0.3 is 19.9 Å². The fourth-order valence-corrected chi connectivity index (χ4v) is 4.69. The average molecular weight is 592 g/mol. The molecule has 3 aromatic rings. The number of anilines is 2. The monoisotopic (exact) mass is 590 g/mol. The van der Waals surface area contributed by atoms with Crippen LogP contribution in [0.5, 0.6) is 5.75 Å². The number of nitrogens with one attached hydrogen (secondary N) is 2. The Morgan fingerprint density at radius 3 is 2.16 bits per heavy atom. The lowest BCUT2D eigenvalue weighted by Crippen LogP contribution is -2.48. The number of nitrogens with zero attached hydrogens (tertiary/aromatic N) is 2. The number of ether oxygens (including phenoxy) is 1. The number of hydrogen-bond donors (Lipinski definition) is 2. The van der Waals surface area contributed by atoms with Crippen LogP contribution in [0.15, 0.2) is 66.7 Å². The van der Waals surface area contributed by atoms with E-state index in [0.29, 0.717) is 39.5 Å². The third-order valence-corrected chi connectivity index (χ3v) is 6.94. The van der Waals surface area contributed by atoms with Crippen LogP contribution < -0.4 is 20.3 Å². The molecule has 0 aromatic heterocycles. The third kappa shape index (κ3) is 7.29. The van der Waals surface area contributed by atoms with E-state index in [1.807, 2.05) is 29.2 Å². The van der Waals surface area contributed by atoms with Gasteiger partial charge in [-0.2, -0.15) is 0 Å². The summed E-state index contributed by atoms with van der Waals surface area (Å²) in [4.78, 5) is 29.3. The molecule has 1 fully saturated rings. The van der Waals surface area contributed by atoms with Crippen molar-refractivity contribution >= 4 is 75.3 Å². The summed E-state index contributed by atoms with van der Waals surface area (Å²) in [6.07, 6.45) is -0.832. The second kappa shape index (κ2) is 12.7. The molecule has 0 spiro atoms. The largest absolute Gasteiger partial charge is 0.479 e. The van der Waals surface area contributed by atoms with Crippen LogP contribution in [0.25, 0.3) is 0 Å². The van der Waals surface area contributed by atoms with E-state index in [2.05, 4.69) is 15.5 Å². The van der Waals surface area contributed by atoms with Gasteiger partial charge in [-0.15, -0.1) is 0 Å². The summed E-state index contributed by atoms with van der Waals surface area (Å²) in [7, 11) is 0. The van der Waals surface area contributed by atoms with Crippen molar-refractivity contribution in [2.75, 3.05) is 36.4 Å². The molecule has 2 N–H and O–H groups in total. The molecule has 1 atom stereocenters. The second-order valence-electron chi connectivity index (χ2n) is 8.61. The fourth-order valence-electron chi connectivity index (χ4n) is 3.89. The molecule has 1 aliphatic heterocycles. The highest BCUT2D eigenvalue weighted by Crippen LogP contribution is 2.28. The molecule has 4 rings (SSSR count). The molecule has 7 nitrogen and oxygen atoms in total. The summed E-state index contributed by atoms with van der Waals surface area (Å²) in [6.45, 7) is 4.28. The third-order valence-electron chi connectivity index (χ3n) is 5.95. The Labute approximate surface area is 241 Å². The number of carbonyl (C=O) groups excluding carboxylic acids is 2. The average Bonchev–Trinajstić information content (AvgIpc) is 2.90. The topological polar surface area (TPSA) is 73.9 Å². The van der Waals surface area contributed by atoms with Gasteiger partial charge in [0.25, 0.3) is 11.8 Å². The maximum Gasteiger partial charge on any atom is 0.266 e. The van der Waals surface area contributed by atoms with Crippen LogP contribution in [-0.4, -0.2) is 54.1 Å². The Hall–Kier alpha value is -3.04. The Morgan fingerprint density at radius 1 is 0.895 bits per heavy atom. The van der Waals surface area contributed by atoms with Crippen molar-refractivity contribution in [3.63, 3.8) is 0 Å². The summed E-state index contributed by atoms with van der Waals surface area (Å²) in [5.74, 6) is -0.0630. The van der Waals surface area contributed by atoms with E-state index in [1.165, 1.54) is 0 Å². The number of carbonyl (C=O) groups is 2. The van der Waals surface area contributed by atoms with E-state index in [4.69, 9.17) is 51.8 Å². The molecule has 1 heterocycles. The number of benzene rings is 3. The first-order chi connectivity index (χ1) is 18.2. The maximum atomic E-state index is 12.7. The Balaban J connectivity index is 1.24. The molecule has 2 amide bonds. The lowest BCUT2D eigenvalue weighted by atomic mass is 10.1. The van der Waals surface area contributed by atoms with Crippen LogP contribution >= 0.6 is 47.0 Å². The number of rotatable bonds is 6. The number of amides is 2. The minimum atomic E-state index is -0.832. The zero-order chi connectivity index (χ0) is 27.2. The molecular formula is C27H25Cl3N4O3S. The summed E-state index contributed by atoms with van der Waals surface area (Å²) >= 11 is 23.2. The predicted octanol–water partition coefficient (Wildman–Crippen LogP) is 5.89. The normalized spacial score (nSPS) is 14.0. The molecule has 11 heteroatoms. The number of halogens is 3. The van der Waals surface area contributed by atoms with Crippen LogP contribution in [0, 0.1) is 0 Å². The van der Waals surface area contributed by atoms with Crippen LogP contribution in [0.4, 0.5) is 11.4 Å². The van der Waals surface area contributed by atoms with E-state index in [-0.39, 0.29) is 11.0 Å². The fraction of sp³-hybridized carbons (Fsp3) is 0.222. The van der Waals surface area contributed by atoms with Gasteiger partial charge in [-0.05, 0) is 85.9 Å². The lowest BCUT2D eigenvalue weighted by Gasteiger charge is -2.36. The molecule has 1 aliphatic rings. The van der Waals surface area contributed by atoms with Crippen molar-refractivity contribution in [1.29, 1.82) is 0 Å². The van der Waals surface area contributed by atoms with Gasteiger partial charge in [-0.25, -0.2) is 0 Å². The molecule has 3 aromatic carbocycles. The SMILES string of the molecule is CC(Oc1ccc(Cl)cc1Cl)C(=O)NC(=S)Nc1ccc(N2CCN(C(=O)c3ccc(Cl)cc3)CC2)cc1. The first-order valence-corrected chi connectivity index (χ1v) is 13.4. The Bertz CT molecular complexity index is 1310. The predicted molar refractivity (Wildman–Crippen MR) is 157 cm³/mol. The quantitative estimate of drug-likeness (QED) is 0.348. The first kappa shape index (κ1) is 28.0. The Morgan fingerprint density at radius 2 is 1.53 bits per heavy atom. The Kier molecular flexibility index (Phi) is 9.33. The minimum Gasteiger partial charge on any atom is -0.479 e. The summed E-state index contributed by atoms with van der Waals surface area (Å²) < 4.78 is 5.62. The van der Waals surface area contributed by atoms with Crippen molar-refractivity contribution in [1.82, 2.24) is 10.2 Å². The molecule has 38 heavy (non-hydrogen) atoms. The van der Waals surface area contributed by atoms with Gasteiger partial charge >= 0.3 is 0 Å². The van der Waals surface area contributed by atoms with Gasteiger partial charge in [-0.1, -0.05) is 34.8 Å². The minimum absolute atomic E-state index is 0.00686.